The van der Waals surface area contributed by atoms with Crippen molar-refractivity contribution in [3.05, 3.63) is 59.9 Å². The number of carbonyl (C=O) groups excluding carboxylic acids is 2. The van der Waals surface area contributed by atoms with E-state index in [-0.39, 0.29) is 34.8 Å². The quantitative estimate of drug-likeness (QED) is 0.321. The van der Waals surface area contributed by atoms with E-state index in [1.54, 1.807) is 37.3 Å². The third-order valence-electron chi connectivity index (χ3n) is 13.6. The Bertz CT molecular complexity index is 1760. The van der Waals surface area contributed by atoms with Crippen molar-refractivity contribution in [3.63, 3.8) is 0 Å². The molecule has 0 aromatic heterocycles. The third kappa shape index (κ3) is 8.06. The molecule has 12 nitrogen and oxygen atoms in total. The molecule has 4 heterocycles. The topological polar surface area (TPSA) is 124 Å². The predicted molar refractivity (Wildman–Crippen MR) is 210 cm³/mol. The number of carbonyl (C=O) groups is 2. The van der Waals surface area contributed by atoms with Crippen LogP contribution in [0.25, 0.3) is 0 Å². The number of likely N-dealkylation sites (tertiary alicyclic amines) is 3. The van der Waals surface area contributed by atoms with Gasteiger partial charge in [-0.2, -0.15) is 0 Å². The fourth-order valence-electron chi connectivity index (χ4n) is 10.4. The Labute approximate surface area is 326 Å². The van der Waals surface area contributed by atoms with E-state index in [2.05, 4.69) is 31.4 Å². The SMILES string of the molecule is CNC(=O)N1CCC(S(=O)(=O)c2ccc(N3CC(CN4CCC(C(CN5CCC5)(c5cccc(F)c5)[C@H]5CCC[C@@H]5NC(=O)OC)CC4)(OC)C3)cc2)CC1. The highest BCUT2D eigenvalue weighted by Crippen LogP contribution is 2.51. The number of halogens is 1. The number of urea groups is 1. The first kappa shape index (κ1) is 39.8. The number of ether oxygens (including phenoxy) is 2. The summed E-state index contributed by atoms with van der Waals surface area (Å²) in [6.07, 6.45) is 6.44. The van der Waals surface area contributed by atoms with Gasteiger partial charge in [-0.3, -0.25) is 0 Å². The number of nitrogens with zero attached hydrogens (tertiary/aromatic N) is 4. The number of rotatable bonds is 12. The molecule has 2 aromatic rings. The average molecular weight is 783 g/mol. The molecule has 1 aliphatic carbocycles. The number of amides is 3. The van der Waals surface area contributed by atoms with Gasteiger partial charge in [0.15, 0.2) is 9.84 Å². The zero-order valence-corrected chi connectivity index (χ0v) is 33.5. The van der Waals surface area contributed by atoms with E-state index in [0.29, 0.717) is 49.8 Å². The number of hydrogen-bond donors (Lipinski definition) is 2. The minimum absolute atomic E-state index is 0.0320. The lowest BCUT2D eigenvalue weighted by Crippen LogP contribution is -2.68. The van der Waals surface area contributed by atoms with Gasteiger partial charge in [-0.05, 0) is 125 Å². The van der Waals surface area contributed by atoms with Crippen molar-refractivity contribution in [2.75, 3.05) is 91.6 Å². The molecule has 4 saturated heterocycles. The van der Waals surface area contributed by atoms with Gasteiger partial charge in [0, 0.05) is 57.5 Å². The monoisotopic (exact) mass is 782 g/mol. The van der Waals surface area contributed by atoms with E-state index in [4.69, 9.17) is 9.47 Å². The second-order valence-corrected chi connectivity index (χ2v) is 18.8. The highest BCUT2D eigenvalue weighted by Gasteiger charge is 2.54. The maximum absolute atomic E-state index is 15.1. The standard InChI is InChI=1S/C41H59FN6O6S/c1-43-38(49)47-23-17-35(18-24-47)55(51,52)34-13-11-33(12-14-34)48-27-40(28-48,54-3)26-46-21-15-30(16-22-46)41(29-45-19-6-20-45,31-7-4-8-32(42)25-31)36-9-5-10-37(36)44-39(50)53-2/h4,7-8,11-14,25,30,35-37H,5-6,9-10,15-24,26-29H2,1-3H3,(H,43,49)(H,44,50)/t36-,37-,41?/m0/s1. The van der Waals surface area contributed by atoms with Crippen molar-refractivity contribution >= 4 is 27.6 Å². The number of anilines is 1. The maximum atomic E-state index is 15.1. The molecule has 14 heteroatoms. The molecule has 5 aliphatic rings. The van der Waals surface area contributed by atoms with Crippen molar-refractivity contribution in [1.29, 1.82) is 0 Å². The highest BCUT2D eigenvalue weighted by molar-refractivity contribution is 7.92. The van der Waals surface area contributed by atoms with Crippen LogP contribution < -0.4 is 15.5 Å². The number of sulfone groups is 1. The van der Waals surface area contributed by atoms with Gasteiger partial charge >= 0.3 is 12.1 Å². The van der Waals surface area contributed by atoms with Gasteiger partial charge in [0.2, 0.25) is 0 Å². The van der Waals surface area contributed by atoms with Crippen LogP contribution in [0.5, 0.6) is 0 Å². The van der Waals surface area contributed by atoms with Crippen LogP contribution in [-0.2, 0) is 24.7 Å². The minimum atomic E-state index is -3.51. The average Bonchev–Trinajstić information content (AvgIpc) is 3.64. The summed E-state index contributed by atoms with van der Waals surface area (Å²) < 4.78 is 53.2. The van der Waals surface area contributed by atoms with Crippen LogP contribution in [0.2, 0.25) is 0 Å². The number of methoxy groups -OCH3 is 2. The molecule has 55 heavy (non-hydrogen) atoms. The molecule has 0 spiro atoms. The summed E-state index contributed by atoms with van der Waals surface area (Å²) in [5.74, 6) is 0.260. The Balaban J connectivity index is 1.01. The van der Waals surface area contributed by atoms with Gasteiger partial charge in [-0.1, -0.05) is 18.6 Å². The molecule has 0 radical (unpaired) electrons. The first-order valence-electron chi connectivity index (χ1n) is 20.2. The van der Waals surface area contributed by atoms with Gasteiger partial charge in [-0.25, -0.2) is 22.4 Å². The van der Waals surface area contributed by atoms with E-state index in [9.17, 15) is 18.0 Å². The Hall–Kier alpha value is -3.46. The summed E-state index contributed by atoms with van der Waals surface area (Å²) in [5, 5.41) is 5.30. The summed E-state index contributed by atoms with van der Waals surface area (Å²) in [6, 6.07) is 14.3. The number of alkyl carbamates (subject to hydrolysis) is 1. The Kier molecular flexibility index (Phi) is 12.0. The molecule has 3 amide bonds. The van der Waals surface area contributed by atoms with E-state index in [1.165, 1.54) is 19.6 Å². The van der Waals surface area contributed by atoms with Gasteiger partial charge in [0.25, 0.3) is 0 Å². The molecule has 5 fully saturated rings. The van der Waals surface area contributed by atoms with Crippen LogP contribution >= 0.6 is 0 Å². The van der Waals surface area contributed by atoms with Crippen LogP contribution in [0.15, 0.2) is 53.4 Å². The first-order valence-corrected chi connectivity index (χ1v) is 21.7. The van der Waals surface area contributed by atoms with E-state index in [1.807, 2.05) is 18.2 Å². The van der Waals surface area contributed by atoms with Crippen LogP contribution in [0.3, 0.4) is 0 Å². The first-order chi connectivity index (χ1) is 26.5. The van der Waals surface area contributed by atoms with E-state index >= 15 is 4.39 Å². The van der Waals surface area contributed by atoms with Crippen molar-refractivity contribution in [3.8, 4) is 0 Å². The zero-order valence-electron chi connectivity index (χ0n) is 32.7. The lowest BCUT2D eigenvalue weighted by molar-refractivity contribution is -0.0657. The molecule has 7 rings (SSSR count). The van der Waals surface area contributed by atoms with Crippen molar-refractivity contribution in [2.45, 2.75) is 78.6 Å². The number of nitrogens with one attached hydrogen (secondary N) is 2. The fraction of sp³-hybridized carbons (Fsp3) is 0.659. The largest absolute Gasteiger partial charge is 0.453 e. The smallest absolute Gasteiger partial charge is 0.407 e. The molecule has 1 unspecified atom stereocenters. The lowest BCUT2D eigenvalue weighted by atomic mass is 9.57. The maximum Gasteiger partial charge on any atom is 0.407 e. The normalized spacial score (nSPS) is 25.1. The van der Waals surface area contributed by atoms with Gasteiger partial charge in [0.05, 0.1) is 30.3 Å². The number of benzene rings is 2. The van der Waals surface area contributed by atoms with E-state index in [0.717, 1.165) is 82.6 Å². The molecule has 2 N–H and O–H groups in total. The third-order valence-corrected chi connectivity index (χ3v) is 15.9. The lowest BCUT2D eigenvalue weighted by Gasteiger charge is -2.55. The zero-order chi connectivity index (χ0) is 38.8. The Morgan fingerprint density at radius 2 is 1.60 bits per heavy atom. The van der Waals surface area contributed by atoms with Gasteiger partial charge < -0.3 is 39.7 Å². The molecule has 4 aliphatic heterocycles. The van der Waals surface area contributed by atoms with Crippen LogP contribution in [-0.4, -0.2) is 139 Å². The van der Waals surface area contributed by atoms with Crippen LogP contribution in [0.1, 0.15) is 56.9 Å². The summed E-state index contributed by atoms with van der Waals surface area (Å²) in [6.45, 7) is 7.82. The molecule has 302 valence electrons. The molecule has 0 bridgehead atoms. The summed E-state index contributed by atoms with van der Waals surface area (Å²) in [5.41, 5.74) is 1.37. The number of hydrogen-bond acceptors (Lipinski definition) is 9. The molecular formula is C41H59FN6O6S. The predicted octanol–water partition coefficient (Wildman–Crippen LogP) is 4.49. The second kappa shape index (κ2) is 16.6. The van der Waals surface area contributed by atoms with Crippen molar-refractivity contribution in [2.24, 2.45) is 11.8 Å². The molecule has 3 atom stereocenters. The Morgan fingerprint density at radius 3 is 2.20 bits per heavy atom. The van der Waals surface area contributed by atoms with Gasteiger partial charge in [-0.15, -0.1) is 0 Å². The fourth-order valence-corrected chi connectivity index (χ4v) is 12.2. The van der Waals surface area contributed by atoms with Gasteiger partial charge in [0.1, 0.15) is 11.4 Å². The van der Waals surface area contributed by atoms with Crippen molar-refractivity contribution in [1.82, 2.24) is 25.3 Å². The minimum Gasteiger partial charge on any atom is -0.453 e. The van der Waals surface area contributed by atoms with E-state index < -0.39 is 21.2 Å². The van der Waals surface area contributed by atoms with Crippen molar-refractivity contribution < 1.29 is 31.9 Å². The van der Waals surface area contributed by atoms with Crippen LogP contribution in [0, 0.1) is 17.7 Å². The molecular weight excluding hydrogens is 724 g/mol. The van der Waals surface area contributed by atoms with Crippen LogP contribution in [0.4, 0.5) is 19.7 Å². The Morgan fingerprint density at radius 1 is 0.891 bits per heavy atom. The summed E-state index contributed by atoms with van der Waals surface area (Å²) in [7, 11) is 1.28. The molecule has 2 aromatic carbocycles. The summed E-state index contributed by atoms with van der Waals surface area (Å²) in [4.78, 5) is 33.8. The number of piperidine rings is 2. The highest BCUT2D eigenvalue weighted by atomic mass is 32.2. The second-order valence-electron chi connectivity index (χ2n) is 16.5. The molecule has 1 saturated carbocycles. The summed E-state index contributed by atoms with van der Waals surface area (Å²) >= 11 is 0.